The quantitative estimate of drug-likeness (QED) is 0.663. The molecular weight excluding hydrogens is 376 g/mol. The number of hydrogen-bond acceptors (Lipinski definition) is 6. The lowest BCUT2D eigenvalue weighted by Gasteiger charge is -2.11. The summed E-state index contributed by atoms with van der Waals surface area (Å²) in [4.78, 5) is 32.8. The van der Waals surface area contributed by atoms with Gasteiger partial charge in [0, 0.05) is 36.0 Å². The Kier molecular flexibility index (Phi) is 5.34. The molecule has 28 heavy (non-hydrogen) atoms. The molecule has 9 heteroatoms. The predicted octanol–water partition coefficient (Wildman–Crippen LogP) is 1.99. The molecule has 142 valence electrons. The highest BCUT2D eigenvalue weighted by molar-refractivity contribution is 7.98. The van der Waals surface area contributed by atoms with Crippen LogP contribution >= 0.6 is 11.8 Å². The summed E-state index contributed by atoms with van der Waals surface area (Å²) >= 11 is 1.73. The van der Waals surface area contributed by atoms with E-state index in [4.69, 9.17) is 0 Å². The summed E-state index contributed by atoms with van der Waals surface area (Å²) in [6.45, 7) is 0.471. The van der Waals surface area contributed by atoms with Gasteiger partial charge >= 0.3 is 0 Å². The molecule has 0 aliphatic carbocycles. The van der Waals surface area contributed by atoms with Gasteiger partial charge in [-0.3, -0.25) is 14.6 Å². The molecular formula is C19H18N6O2S. The highest BCUT2D eigenvalue weighted by Gasteiger charge is 2.25. The van der Waals surface area contributed by atoms with Gasteiger partial charge in [0.1, 0.15) is 18.1 Å². The number of anilines is 1. The third kappa shape index (κ3) is 4.04. The standard InChI is InChI=1S/C19H18N6O2S/c26-17(22-8-13-4-2-1-3-5-13)10-25-18(14-11-28-12-16(14)24-25)23-19(27)15-9-20-6-7-21-15/h1-7,9H,8,10-12H2,(H,22,26)(H,23,27). The van der Waals surface area contributed by atoms with Gasteiger partial charge in [-0.2, -0.15) is 16.9 Å². The van der Waals surface area contributed by atoms with Crippen molar-refractivity contribution < 1.29 is 9.59 Å². The summed E-state index contributed by atoms with van der Waals surface area (Å²) in [6.07, 6.45) is 4.37. The fourth-order valence-corrected chi connectivity index (χ4v) is 3.93. The van der Waals surface area contributed by atoms with Crippen molar-refractivity contribution in [1.82, 2.24) is 25.1 Å². The van der Waals surface area contributed by atoms with Gasteiger partial charge < -0.3 is 10.6 Å². The Morgan fingerprint density at radius 1 is 1.14 bits per heavy atom. The Labute approximate surface area is 165 Å². The van der Waals surface area contributed by atoms with E-state index in [1.807, 2.05) is 30.3 Å². The number of carbonyl (C=O) groups is 2. The fraction of sp³-hybridized carbons (Fsp3) is 0.211. The highest BCUT2D eigenvalue weighted by atomic mass is 32.2. The minimum Gasteiger partial charge on any atom is -0.350 e. The van der Waals surface area contributed by atoms with Crippen LogP contribution in [0.4, 0.5) is 5.82 Å². The summed E-state index contributed by atoms with van der Waals surface area (Å²) < 4.78 is 1.55. The van der Waals surface area contributed by atoms with Crippen LogP contribution in [0.25, 0.3) is 0 Å². The number of nitrogens with one attached hydrogen (secondary N) is 2. The molecule has 0 spiro atoms. The molecule has 2 amide bonds. The molecule has 1 aromatic carbocycles. The maximum absolute atomic E-state index is 12.5. The van der Waals surface area contributed by atoms with E-state index in [0.29, 0.717) is 12.4 Å². The van der Waals surface area contributed by atoms with Gasteiger partial charge in [-0.15, -0.1) is 0 Å². The molecule has 0 radical (unpaired) electrons. The van der Waals surface area contributed by atoms with E-state index < -0.39 is 0 Å². The molecule has 4 rings (SSSR count). The second-order valence-electron chi connectivity index (χ2n) is 6.23. The van der Waals surface area contributed by atoms with Gasteiger partial charge in [0.05, 0.1) is 11.9 Å². The zero-order valence-electron chi connectivity index (χ0n) is 15.0. The number of hydrogen-bond donors (Lipinski definition) is 2. The first-order chi connectivity index (χ1) is 13.7. The van der Waals surface area contributed by atoms with Crippen LogP contribution in [0.5, 0.6) is 0 Å². The molecule has 3 heterocycles. The van der Waals surface area contributed by atoms with Crippen molar-refractivity contribution in [1.29, 1.82) is 0 Å². The third-order valence-corrected chi connectivity index (χ3v) is 5.24. The van der Waals surface area contributed by atoms with Crippen molar-refractivity contribution in [2.45, 2.75) is 24.6 Å². The summed E-state index contributed by atoms with van der Waals surface area (Å²) in [7, 11) is 0. The first-order valence-electron chi connectivity index (χ1n) is 8.75. The van der Waals surface area contributed by atoms with Crippen LogP contribution in [-0.4, -0.2) is 31.6 Å². The molecule has 0 saturated heterocycles. The van der Waals surface area contributed by atoms with E-state index in [1.54, 1.807) is 16.4 Å². The topological polar surface area (TPSA) is 102 Å². The van der Waals surface area contributed by atoms with Gasteiger partial charge in [0.25, 0.3) is 5.91 Å². The molecule has 3 aromatic rings. The Hall–Kier alpha value is -3.20. The lowest BCUT2D eigenvalue weighted by Crippen LogP contribution is -2.29. The van der Waals surface area contributed by atoms with Crippen molar-refractivity contribution >= 4 is 29.4 Å². The van der Waals surface area contributed by atoms with Crippen LogP contribution in [0.15, 0.2) is 48.9 Å². The van der Waals surface area contributed by atoms with Crippen LogP contribution in [-0.2, 0) is 29.4 Å². The monoisotopic (exact) mass is 394 g/mol. The fourth-order valence-electron chi connectivity index (χ4n) is 2.90. The molecule has 0 fully saturated rings. The summed E-state index contributed by atoms with van der Waals surface area (Å²) in [5.41, 5.74) is 3.09. The highest BCUT2D eigenvalue weighted by Crippen LogP contribution is 2.34. The van der Waals surface area contributed by atoms with Gasteiger partial charge in [-0.05, 0) is 5.56 Å². The lowest BCUT2D eigenvalue weighted by molar-refractivity contribution is -0.122. The molecule has 0 saturated carbocycles. The largest absolute Gasteiger partial charge is 0.350 e. The summed E-state index contributed by atoms with van der Waals surface area (Å²) in [6, 6.07) is 9.69. The average Bonchev–Trinajstić information content (AvgIpc) is 3.30. The number of amides is 2. The number of fused-ring (bicyclic) bond motifs is 1. The second kappa shape index (κ2) is 8.22. The van der Waals surface area contributed by atoms with Gasteiger partial charge in [0.2, 0.25) is 5.91 Å². The maximum atomic E-state index is 12.5. The number of thioether (sulfide) groups is 1. The van der Waals surface area contributed by atoms with Crippen LogP contribution < -0.4 is 10.6 Å². The van der Waals surface area contributed by atoms with Crippen LogP contribution in [0.2, 0.25) is 0 Å². The number of nitrogens with zero attached hydrogens (tertiary/aromatic N) is 4. The molecule has 0 bridgehead atoms. The molecule has 0 atom stereocenters. The maximum Gasteiger partial charge on any atom is 0.277 e. The van der Waals surface area contributed by atoms with Crippen molar-refractivity contribution in [3.8, 4) is 0 Å². The van der Waals surface area contributed by atoms with E-state index in [-0.39, 0.29) is 24.1 Å². The number of rotatable bonds is 6. The smallest absolute Gasteiger partial charge is 0.277 e. The Morgan fingerprint density at radius 2 is 2.00 bits per heavy atom. The number of benzene rings is 1. The first kappa shape index (κ1) is 18.2. The zero-order chi connectivity index (χ0) is 19.3. The molecule has 1 aliphatic rings. The minimum atomic E-state index is -0.376. The van der Waals surface area contributed by atoms with E-state index in [9.17, 15) is 9.59 Å². The molecule has 8 nitrogen and oxygen atoms in total. The van der Waals surface area contributed by atoms with Gasteiger partial charge in [0.15, 0.2) is 0 Å². The minimum absolute atomic E-state index is 0.0284. The molecule has 2 aromatic heterocycles. The number of carbonyl (C=O) groups excluding carboxylic acids is 2. The second-order valence-corrected chi connectivity index (χ2v) is 7.22. The summed E-state index contributed by atoms with van der Waals surface area (Å²) in [5.74, 6) is 1.51. The van der Waals surface area contributed by atoms with E-state index >= 15 is 0 Å². The SMILES string of the molecule is O=C(Cn1nc2c(c1NC(=O)c1cnccn1)CSC2)NCc1ccccc1. The van der Waals surface area contributed by atoms with Gasteiger partial charge in [-0.25, -0.2) is 9.67 Å². The van der Waals surface area contributed by atoms with Gasteiger partial charge in [-0.1, -0.05) is 30.3 Å². The van der Waals surface area contributed by atoms with Crippen LogP contribution in [0.3, 0.4) is 0 Å². The molecule has 2 N–H and O–H groups in total. The number of aromatic nitrogens is 4. The third-order valence-electron chi connectivity index (χ3n) is 4.27. The summed E-state index contributed by atoms with van der Waals surface area (Å²) in [5, 5.41) is 10.3. The predicted molar refractivity (Wildman–Crippen MR) is 105 cm³/mol. The Balaban J connectivity index is 1.48. The van der Waals surface area contributed by atoms with Crippen LogP contribution in [0, 0.1) is 0 Å². The first-order valence-corrected chi connectivity index (χ1v) is 9.90. The normalized spacial score (nSPS) is 12.4. The Bertz CT molecular complexity index is 990. The lowest BCUT2D eigenvalue weighted by atomic mass is 10.2. The molecule has 1 aliphatic heterocycles. The Morgan fingerprint density at radius 3 is 2.79 bits per heavy atom. The van der Waals surface area contributed by atoms with Crippen molar-refractivity contribution in [3.63, 3.8) is 0 Å². The molecule has 0 unspecified atom stereocenters. The van der Waals surface area contributed by atoms with Crippen molar-refractivity contribution in [2.24, 2.45) is 0 Å². The van der Waals surface area contributed by atoms with E-state index in [0.717, 1.165) is 28.3 Å². The van der Waals surface area contributed by atoms with Crippen molar-refractivity contribution in [3.05, 3.63) is 71.4 Å². The zero-order valence-corrected chi connectivity index (χ0v) is 15.8. The average molecular weight is 394 g/mol. The van der Waals surface area contributed by atoms with E-state index in [1.165, 1.54) is 18.6 Å². The van der Waals surface area contributed by atoms with E-state index in [2.05, 4.69) is 25.7 Å². The van der Waals surface area contributed by atoms with Crippen molar-refractivity contribution in [2.75, 3.05) is 5.32 Å². The van der Waals surface area contributed by atoms with Crippen LogP contribution in [0.1, 0.15) is 27.3 Å².